The van der Waals surface area contributed by atoms with Crippen molar-refractivity contribution in [3.8, 4) is 0 Å². The van der Waals surface area contributed by atoms with Crippen LogP contribution in [0.1, 0.15) is 26.3 Å². The number of hydrogen-bond donors (Lipinski definition) is 1. The van der Waals surface area contributed by atoms with E-state index in [0.29, 0.717) is 0 Å². The van der Waals surface area contributed by atoms with E-state index in [1.54, 1.807) is 6.07 Å². The van der Waals surface area contributed by atoms with Crippen LogP contribution in [0.25, 0.3) is 0 Å². The number of nitrogens with one attached hydrogen (secondary N) is 1. The summed E-state index contributed by atoms with van der Waals surface area (Å²) < 4.78 is 39.8. The van der Waals surface area contributed by atoms with Crippen LogP contribution in [-0.4, -0.2) is 20.1 Å². The molecule has 1 heterocycles. The molecule has 1 N–H and O–H groups in total. The second-order valence-corrected chi connectivity index (χ2v) is 8.39. The first-order chi connectivity index (χ1) is 13.3. The Morgan fingerprint density at radius 1 is 0.929 bits per heavy atom. The fourth-order valence-corrected chi connectivity index (χ4v) is 4.87. The number of sulfone groups is 1. The quantitative estimate of drug-likeness (QED) is 0.534. The van der Waals surface area contributed by atoms with Gasteiger partial charge in [-0.3, -0.25) is 9.59 Å². The van der Waals surface area contributed by atoms with Gasteiger partial charge in [-0.25, -0.2) is 12.8 Å². The first kappa shape index (κ1) is 18.3. The molecule has 0 spiro atoms. The van der Waals surface area contributed by atoms with Crippen molar-refractivity contribution in [1.82, 2.24) is 0 Å². The first-order valence-corrected chi connectivity index (χ1v) is 9.95. The van der Waals surface area contributed by atoms with E-state index in [9.17, 15) is 22.4 Å². The zero-order chi connectivity index (χ0) is 20.1. The van der Waals surface area contributed by atoms with Crippen molar-refractivity contribution >= 4 is 38.8 Å². The summed E-state index contributed by atoms with van der Waals surface area (Å²) in [5.41, 5.74) is -0.0919. The highest BCUT2D eigenvalue weighted by molar-refractivity contribution is 7.91. The van der Waals surface area contributed by atoms with Crippen molar-refractivity contribution in [3.63, 3.8) is 0 Å². The molecule has 0 radical (unpaired) electrons. The Balaban J connectivity index is 1.77. The lowest BCUT2D eigenvalue weighted by Gasteiger charge is -2.19. The molecule has 0 saturated heterocycles. The highest BCUT2D eigenvalue weighted by Crippen LogP contribution is 2.35. The van der Waals surface area contributed by atoms with Crippen molar-refractivity contribution in [1.29, 1.82) is 0 Å². The van der Waals surface area contributed by atoms with E-state index in [2.05, 4.69) is 5.32 Å². The molecule has 140 valence electrons. The van der Waals surface area contributed by atoms with Gasteiger partial charge in [-0.15, -0.1) is 0 Å². The minimum Gasteiger partial charge on any atom is -0.319 e. The molecule has 0 unspecified atom stereocenters. The van der Waals surface area contributed by atoms with E-state index in [-0.39, 0.29) is 37.2 Å². The Bertz CT molecular complexity index is 1270. The summed E-state index contributed by atoms with van der Waals surface area (Å²) in [5, 5.41) is 2.19. The summed E-state index contributed by atoms with van der Waals surface area (Å²) in [6.45, 7) is 0. The van der Waals surface area contributed by atoms with Crippen LogP contribution in [-0.2, 0) is 9.84 Å². The number of ketones is 1. The van der Waals surface area contributed by atoms with Gasteiger partial charge in [-0.1, -0.05) is 29.8 Å². The third-order valence-corrected chi connectivity index (χ3v) is 6.54. The van der Waals surface area contributed by atoms with Crippen LogP contribution in [0, 0.1) is 5.82 Å². The molecule has 3 aromatic carbocycles. The van der Waals surface area contributed by atoms with E-state index in [4.69, 9.17) is 11.6 Å². The van der Waals surface area contributed by atoms with Crippen molar-refractivity contribution < 1.29 is 22.4 Å². The molecule has 0 aromatic heterocycles. The molecule has 8 heteroatoms. The number of fused-ring (bicyclic) bond motifs is 2. The van der Waals surface area contributed by atoms with Gasteiger partial charge in [0.05, 0.1) is 20.5 Å². The monoisotopic (exact) mass is 415 g/mol. The molecule has 4 rings (SSSR count). The molecule has 0 fully saturated rings. The van der Waals surface area contributed by atoms with Crippen molar-refractivity contribution in [2.75, 3.05) is 5.32 Å². The molecular formula is C20H11ClFNO4S. The molecule has 5 nitrogen and oxygen atoms in total. The van der Waals surface area contributed by atoms with Crippen LogP contribution >= 0.6 is 11.6 Å². The second kappa shape index (κ2) is 6.54. The van der Waals surface area contributed by atoms with Crippen LogP contribution in [0.4, 0.5) is 10.1 Å². The Labute approximate surface area is 164 Å². The van der Waals surface area contributed by atoms with Gasteiger partial charge in [0.25, 0.3) is 5.91 Å². The molecule has 28 heavy (non-hydrogen) atoms. The third-order valence-electron chi connectivity index (χ3n) is 4.40. The normalized spacial score (nSPS) is 14.1. The lowest BCUT2D eigenvalue weighted by molar-refractivity contribution is 0.101. The molecule has 1 amide bonds. The SMILES string of the molecule is O=C(Nc1cccc(Cl)c1F)c1ccc2c(c1)S(=O)(=O)c1ccccc1C2=O. The summed E-state index contributed by atoms with van der Waals surface area (Å²) in [7, 11) is -3.97. The van der Waals surface area contributed by atoms with Crippen LogP contribution < -0.4 is 5.32 Å². The first-order valence-electron chi connectivity index (χ1n) is 8.09. The minimum absolute atomic E-state index is 0.0100. The van der Waals surface area contributed by atoms with Gasteiger partial charge in [0.1, 0.15) is 0 Å². The fraction of sp³-hybridized carbons (Fsp3) is 0. The number of carbonyl (C=O) groups excluding carboxylic acids is 2. The van der Waals surface area contributed by atoms with Crippen molar-refractivity contribution in [3.05, 3.63) is 88.2 Å². The molecule has 0 saturated carbocycles. The average molecular weight is 416 g/mol. The minimum atomic E-state index is -3.97. The van der Waals surface area contributed by atoms with Crippen LogP contribution in [0.3, 0.4) is 0 Å². The summed E-state index contributed by atoms with van der Waals surface area (Å²) in [4.78, 5) is 24.8. The highest BCUT2D eigenvalue weighted by atomic mass is 35.5. The van der Waals surface area contributed by atoms with Crippen LogP contribution in [0.15, 0.2) is 70.5 Å². The number of carbonyl (C=O) groups is 2. The Hall–Kier alpha value is -3.03. The number of anilines is 1. The second-order valence-electron chi connectivity index (χ2n) is 6.10. The average Bonchev–Trinajstić information content (AvgIpc) is 2.69. The number of rotatable bonds is 2. The molecule has 1 aliphatic rings. The Morgan fingerprint density at radius 3 is 2.43 bits per heavy atom. The van der Waals surface area contributed by atoms with Crippen LogP contribution in [0.5, 0.6) is 0 Å². The lowest BCUT2D eigenvalue weighted by Crippen LogP contribution is -2.21. The van der Waals surface area contributed by atoms with Gasteiger partial charge in [-0.2, -0.15) is 0 Å². The standard InChI is InChI=1S/C20H11ClFNO4S/c21-14-5-3-6-15(18(14)22)23-20(25)11-8-9-13-17(10-11)28(26,27)16-7-2-1-4-12(16)19(13)24/h1-10H,(H,23,25). The van der Waals surface area contributed by atoms with Gasteiger partial charge < -0.3 is 5.32 Å². The van der Waals surface area contributed by atoms with Gasteiger partial charge in [0, 0.05) is 16.7 Å². The van der Waals surface area contributed by atoms with Gasteiger partial charge in [-0.05, 0) is 42.5 Å². The smallest absolute Gasteiger partial charge is 0.255 e. The summed E-state index contributed by atoms with van der Waals surface area (Å²) in [5.74, 6) is -1.97. The number of benzene rings is 3. The largest absolute Gasteiger partial charge is 0.319 e. The molecule has 0 atom stereocenters. The topological polar surface area (TPSA) is 80.3 Å². The van der Waals surface area contributed by atoms with E-state index < -0.39 is 27.3 Å². The Morgan fingerprint density at radius 2 is 1.64 bits per heavy atom. The molecule has 0 bridgehead atoms. The summed E-state index contributed by atoms with van der Waals surface area (Å²) in [6, 6.07) is 13.7. The summed E-state index contributed by atoms with van der Waals surface area (Å²) in [6.07, 6.45) is 0. The lowest BCUT2D eigenvalue weighted by atomic mass is 10.0. The van der Waals surface area contributed by atoms with Gasteiger partial charge >= 0.3 is 0 Å². The predicted molar refractivity (Wildman–Crippen MR) is 101 cm³/mol. The fourth-order valence-electron chi connectivity index (χ4n) is 3.02. The predicted octanol–water partition coefficient (Wildman–Crippen LogP) is 4.11. The summed E-state index contributed by atoms with van der Waals surface area (Å²) >= 11 is 5.70. The van der Waals surface area contributed by atoms with Gasteiger partial charge in [0.15, 0.2) is 11.6 Å². The maximum absolute atomic E-state index is 14.0. The van der Waals surface area contributed by atoms with Crippen molar-refractivity contribution in [2.24, 2.45) is 0 Å². The van der Waals surface area contributed by atoms with Gasteiger partial charge in [0.2, 0.25) is 9.84 Å². The molecule has 0 aliphatic carbocycles. The Kier molecular flexibility index (Phi) is 4.28. The third kappa shape index (κ3) is 2.80. The van der Waals surface area contributed by atoms with E-state index in [1.807, 2.05) is 0 Å². The zero-order valence-corrected chi connectivity index (χ0v) is 15.6. The maximum atomic E-state index is 14.0. The molecule has 1 aliphatic heterocycles. The zero-order valence-electron chi connectivity index (χ0n) is 14.1. The van der Waals surface area contributed by atoms with Crippen molar-refractivity contribution in [2.45, 2.75) is 9.79 Å². The molecule has 3 aromatic rings. The van der Waals surface area contributed by atoms with E-state index in [1.165, 1.54) is 48.5 Å². The van der Waals surface area contributed by atoms with E-state index >= 15 is 0 Å². The van der Waals surface area contributed by atoms with E-state index in [0.717, 1.165) is 6.07 Å². The number of amides is 1. The molecular weight excluding hydrogens is 405 g/mol. The number of hydrogen-bond acceptors (Lipinski definition) is 4. The van der Waals surface area contributed by atoms with Crippen LogP contribution in [0.2, 0.25) is 5.02 Å². The maximum Gasteiger partial charge on any atom is 0.255 e. The highest BCUT2D eigenvalue weighted by Gasteiger charge is 2.35. The number of halogens is 2.